The van der Waals surface area contributed by atoms with Crippen LogP contribution in [0.4, 0.5) is 10.7 Å². The molecule has 0 amide bonds. The van der Waals surface area contributed by atoms with Gasteiger partial charge in [-0.3, -0.25) is 14.9 Å². The number of thiophene rings is 1. The van der Waals surface area contributed by atoms with E-state index in [1.54, 1.807) is 18.7 Å². The fraction of sp³-hybridized carbons (Fsp3) is 0.276. The zero-order valence-electron chi connectivity index (χ0n) is 22.2. The van der Waals surface area contributed by atoms with E-state index in [4.69, 9.17) is 4.74 Å². The fourth-order valence-corrected chi connectivity index (χ4v) is 4.98. The van der Waals surface area contributed by atoms with Crippen LogP contribution in [0.15, 0.2) is 82.7 Å². The maximum Gasteiger partial charge on any atom is 0.324 e. The van der Waals surface area contributed by atoms with Gasteiger partial charge in [0.2, 0.25) is 0 Å². The van der Waals surface area contributed by atoms with E-state index in [0.717, 1.165) is 17.1 Å². The van der Waals surface area contributed by atoms with Gasteiger partial charge in [-0.1, -0.05) is 66.4 Å². The molecule has 0 saturated heterocycles. The van der Waals surface area contributed by atoms with Crippen LogP contribution in [-0.4, -0.2) is 24.4 Å². The Labute approximate surface area is 227 Å². The van der Waals surface area contributed by atoms with Crippen LogP contribution in [0.3, 0.4) is 0 Å². The molecule has 0 saturated carbocycles. The lowest BCUT2D eigenvalue weighted by Crippen LogP contribution is -2.15. The van der Waals surface area contributed by atoms with Crippen LogP contribution in [0.5, 0.6) is 5.75 Å². The van der Waals surface area contributed by atoms with Gasteiger partial charge in [-0.25, -0.2) is 0 Å². The number of hydrogen-bond donors (Lipinski definition) is 0. The summed E-state index contributed by atoms with van der Waals surface area (Å²) < 4.78 is 5.56. The average molecular weight is 539 g/mol. The number of Topliss-reactive ketones (excluding diaryl/α,β-unsaturated/α-hetero) is 1. The van der Waals surface area contributed by atoms with Crippen molar-refractivity contribution in [3.05, 3.63) is 103 Å². The second-order valence-corrected chi connectivity index (χ2v) is 10.3. The minimum atomic E-state index is -0.489. The highest BCUT2D eigenvalue weighted by Crippen LogP contribution is 2.36. The second-order valence-electron chi connectivity index (χ2n) is 7.96. The van der Waals surface area contributed by atoms with Crippen molar-refractivity contribution in [3.8, 4) is 5.75 Å². The highest BCUT2D eigenvalue weighted by atomic mass is 32.2. The number of ketones is 1. The SMILES string of the molecule is C/C=C(/C)S/C(=C(\C)c1ccc(OCC)cc1)N(C)c1ccccc1.CCC(=O)c1ccc([N+](=O)[O-])s1. The smallest absolute Gasteiger partial charge is 0.324 e. The molecule has 0 fully saturated rings. The van der Waals surface area contributed by atoms with E-state index in [0.29, 0.717) is 17.9 Å². The van der Waals surface area contributed by atoms with Crippen LogP contribution in [-0.2, 0) is 0 Å². The molecule has 0 bridgehead atoms. The van der Waals surface area contributed by atoms with E-state index < -0.39 is 4.92 Å². The number of thioether (sulfide) groups is 1. The Morgan fingerprint density at radius 2 is 1.70 bits per heavy atom. The summed E-state index contributed by atoms with van der Waals surface area (Å²) in [5.74, 6) is 0.863. The molecule has 6 nitrogen and oxygen atoms in total. The zero-order valence-corrected chi connectivity index (χ0v) is 23.8. The maximum absolute atomic E-state index is 11.0. The Morgan fingerprint density at radius 3 is 2.22 bits per heavy atom. The number of ether oxygens (including phenoxy) is 1. The quantitative estimate of drug-likeness (QED) is 0.146. The normalized spacial score (nSPS) is 11.7. The summed E-state index contributed by atoms with van der Waals surface area (Å²) in [6.45, 7) is 10.8. The lowest BCUT2D eigenvalue weighted by atomic mass is 10.1. The molecule has 37 heavy (non-hydrogen) atoms. The van der Waals surface area contributed by atoms with E-state index in [2.05, 4.69) is 75.2 Å². The number of rotatable bonds is 10. The molecule has 0 N–H and O–H groups in total. The molecule has 0 aliphatic carbocycles. The van der Waals surface area contributed by atoms with Crippen molar-refractivity contribution in [1.29, 1.82) is 0 Å². The predicted molar refractivity (Wildman–Crippen MR) is 158 cm³/mol. The zero-order chi connectivity index (χ0) is 27.4. The van der Waals surface area contributed by atoms with Crippen LogP contribution in [0.25, 0.3) is 5.57 Å². The molecule has 2 aromatic carbocycles. The van der Waals surface area contributed by atoms with E-state index >= 15 is 0 Å². The summed E-state index contributed by atoms with van der Waals surface area (Å²) in [6, 6.07) is 21.6. The number of para-hydroxylation sites is 1. The third-order valence-electron chi connectivity index (χ3n) is 5.40. The number of allylic oxidation sites excluding steroid dienone is 3. The Hall–Kier alpha value is -3.36. The minimum Gasteiger partial charge on any atom is -0.494 e. The van der Waals surface area contributed by atoms with Crippen molar-refractivity contribution in [1.82, 2.24) is 0 Å². The standard InChI is InChI=1S/C22H27NOS.C7H7NO3S/c1-6-17(3)25-22(23(5)20-11-9-8-10-12-20)18(4)19-13-15-21(16-14-19)24-7-2;1-2-5(9)6-3-4-7(12-6)8(10)11/h6,8-16H,7H2,1-5H3;3-4H,2H2,1H3/b17-6-,22-18+;. The highest BCUT2D eigenvalue weighted by Gasteiger charge is 2.14. The van der Waals surface area contributed by atoms with E-state index in [1.165, 1.54) is 38.9 Å². The van der Waals surface area contributed by atoms with E-state index in [9.17, 15) is 14.9 Å². The fourth-order valence-electron chi connectivity index (χ4n) is 3.22. The first-order valence-corrected chi connectivity index (χ1v) is 13.7. The van der Waals surface area contributed by atoms with Gasteiger partial charge in [-0.15, -0.1) is 0 Å². The summed E-state index contributed by atoms with van der Waals surface area (Å²) in [6.07, 6.45) is 2.53. The van der Waals surface area contributed by atoms with E-state index in [-0.39, 0.29) is 10.8 Å². The van der Waals surface area contributed by atoms with Crippen molar-refractivity contribution in [2.24, 2.45) is 0 Å². The molecule has 0 aliphatic heterocycles. The molecule has 1 aromatic heterocycles. The molecule has 1 heterocycles. The van der Waals surface area contributed by atoms with Crippen LogP contribution >= 0.6 is 23.1 Å². The number of carbonyl (C=O) groups is 1. The number of anilines is 1. The number of nitro groups is 1. The summed E-state index contributed by atoms with van der Waals surface area (Å²) >= 11 is 2.73. The molecule has 0 unspecified atom stereocenters. The van der Waals surface area contributed by atoms with Gasteiger partial charge < -0.3 is 9.64 Å². The van der Waals surface area contributed by atoms with Crippen molar-refractivity contribution in [2.45, 2.75) is 41.0 Å². The number of nitrogens with zero attached hydrogens (tertiary/aromatic N) is 2. The molecule has 3 rings (SSSR count). The number of carbonyl (C=O) groups excluding carboxylic acids is 1. The van der Waals surface area contributed by atoms with Crippen molar-refractivity contribution < 1.29 is 14.5 Å². The average Bonchev–Trinajstić information content (AvgIpc) is 3.43. The monoisotopic (exact) mass is 538 g/mol. The molecule has 0 spiro atoms. The van der Waals surface area contributed by atoms with Gasteiger partial charge in [-0.05, 0) is 74.1 Å². The van der Waals surface area contributed by atoms with Crippen LogP contribution in [0, 0.1) is 10.1 Å². The lowest BCUT2D eigenvalue weighted by molar-refractivity contribution is -0.380. The Kier molecular flexibility index (Phi) is 12.1. The first-order chi connectivity index (χ1) is 17.7. The largest absolute Gasteiger partial charge is 0.494 e. The Bertz CT molecular complexity index is 1230. The van der Waals surface area contributed by atoms with Crippen molar-refractivity contribution in [3.63, 3.8) is 0 Å². The summed E-state index contributed by atoms with van der Waals surface area (Å²) in [4.78, 5) is 24.8. The first-order valence-electron chi connectivity index (χ1n) is 12.0. The molecule has 0 radical (unpaired) electrons. The second kappa shape index (κ2) is 15.0. The van der Waals surface area contributed by atoms with Gasteiger partial charge in [0.25, 0.3) is 0 Å². The third-order valence-corrected chi connectivity index (χ3v) is 7.81. The predicted octanol–water partition coefficient (Wildman–Crippen LogP) is 8.82. The van der Waals surface area contributed by atoms with Gasteiger partial charge in [0.1, 0.15) is 5.75 Å². The summed E-state index contributed by atoms with van der Waals surface area (Å²) in [5.41, 5.74) is 3.64. The number of benzene rings is 2. The Morgan fingerprint density at radius 1 is 1.05 bits per heavy atom. The highest BCUT2D eigenvalue weighted by molar-refractivity contribution is 8.07. The van der Waals surface area contributed by atoms with Gasteiger partial charge in [-0.2, -0.15) is 0 Å². The van der Waals surface area contributed by atoms with Crippen LogP contribution in [0.1, 0.15) is 56.3 Å². The third kappa shape index (κ3) is 8.91. The van der Waals surface area contributed by atoms with Gasteiger partial charge in [0, 0.05) is 25.2 Å². The van der Waals surface area contributed by atoms with E-state index in [1.807, 2.05) is 25.1 Å². The molecular formula is C29H34N2O4S2. The topological polar surface area (TPSA) is 72.7 Å². The summed E-state index contributed by atoms with van der Waals surface area (Å²) in [5, 5.41) is 11.5. The van der Waals surface area contributed by atoms with Crippen LogP contribution < -0.4 is 9.64 Å². The summed E-state index contributed by atoms with van der Waals surface area (Å²) in [7, 11) is 2.12. The van der Waals surface area contributed by atoms with Crippen molar-refractivity contribution >= 4 is 45.1 Å². The number of hydrogen-bond acceptors (Lipinski definition) is 7. The van der Waals surface area contributed by atoms with Crippen LogP contribution in [0.2, 0.25) is 0 Å². The molecule has 8 heteroatoms. The minimum absolute atomic E-state index is 0.0202. The van der Waals surface area contributed by atoms with Gasteiger partial charge in [0.15, 0.2) is 5.78 Å². The maximum atomic E-state index is 11.0. The molecule has 0 aliphatic rings. The van der Waals surface area contributed by atoms with Gasteiger partial charge in [0.05, 0.1) is 21.4 Å². The molecule has 3 aromatic rings. The first kappa shape index (κ1) is 29.9. The van der Waals surface area contributed by atoms with Crippen molar-refractivity contribution in [2.75, 3.05) is 18.6 Å². The lowest BCUT2D eigenvalue weighted by Gasteiger charge is -2.25. The molecular weight excluding hydrogens is 504 g/mol. The molecule has 196 valence electrons. The van der Waals surface area contributed by atoms with Gasteiger partial charge >= 0.3 is 5.00 Å². The molecule has 0 atom stereocenters. The Balaban J connectivity index is 0.000000335.